The van der Waals surface area contributed by atoms with Crippen molar-refractivity contribution < 1.29 is 0 Å². The lowest BCUT2D eigenvalue weighted by molar-refractivity contribution is 0.244. The average Bonchev–Trinajstić information content (AvgIpc) is 2.37. The van der Waals surface area contributed by atoms with Crippen LogP contribution in [0.4, 0.5) is 0 Å². The number of allylic oxidation sites excluding steroid dienone is 12. The van der Waals surface area contributed by atoms with Gasteiger partial charge in [-0.25, -0.2) is 0 Å². The summed E-state index contributed by atoms with van der Waals surface area (Å²) in [5.41, 5.74) is 6.25. The Morgan fingerprint density at radius 1 is 0.611 bits per heavy atom. The normalized spacial score (nSPS) is 39.4. The Bertz CT molecular complexity index is 514. The molecule has 0 N–H and O–H groups in total. The van der Waals surface area contributed by atoms with Crippen molar-refractivity contribution >= 4 is 0 Å². The molecule has 0 aromatic carbocycles. The van der Waals surface area contributed by atoms with Gasteiger partial charge in [0.1, 0.15) is 0 Å². The molecule has 4 aliphatic carbocycles. The van der Waals surface area contributed by atoms with Crippen LogP contribution in [0.5, 0.6) is 0 Å². The van der Waals surface area contributed by atoms with Crippen LogP contribution in [0.1, 0.15) is 26.7 Å². The minimum atomic E-state index is 0.132. The molecule has 4 rings (SSSR count). The zero-order valence-corrected chi connectivity index (χ0v) is 11.0. The van der Waals surface area contributed by atoms with Crippen molar-refractivity contribution in [2.75, 3.05) is 0 Å². The predicted molar refractivity (Wildman–Crippen MR) is 76.1 cm³/mol. The van der Waals surface area contributed by atoms with Gasteiger partial charge in [-0.05, 0) is 35.1 Å². The fourth-order valence-electron chi connectivity index (χ4n) is 4.23. The van der Waals surface area contributed by atoms with Gasteiger partial charge >= 0.3 is 0 Å². The smallest absolute Gasteiger partial charge is 0.0302 e. The molecule has 18 heavy (non-hydrogen) atoms. The molecule has 0 fully saturated rings. The van der Waals surface area contributed by atoms with Gasteiger partial charge in [0.05, 0.1) is 0 Å². The summed E-state index contributed by atoms with van der Waals surface area (Å²) >= 11 is 0. The second-order valence-electron chi connectivity index (χ2n) is 6.03. The second kappa shape index (κ2) is 3.06. The highest BCUT2D eigenvalue weighted by Crippen LogP contribution is 2.65. The molecule has 0 saturated heterocycles. The molecule has 4 aliphatic rings. The molecule has 0 nitrogen and oxygen atoms in total. The molecule has 0 bridgehead atoms. The maximum Gasteiger partial charge on any atom is 0.0302 e. The van der Waals surface area contributed by atoms with Crippen LogP contribution in [0.25, 0.3) is 0 Å². The van der Waals surface area contributed by atoms with E-state index in [1.807, 2.05) is 0 Å². The Morgan fingerprint density at radius 2 is 0.889 bits per heavy atom. The molecule has 90 valence electrons. The highest BCUT2D eigenvalue weighted by Gasteiger charge is 2.55. The zero-order valence-electron chi connectivity index (χ0n) is 11.0. The Balaban J connectivity index is 2.12. The molecule has 0 aromatic rings. The summed E-state index contributed by atoms with van der Waals surface area (Å²) in [7, 11) is 0. The van der Waals surface area contributed by atoms with Gasteiger partial charge in [0, 0.05) is 10.8 Å². The molecule has 0 radical (unpaired) electrons. The summed E-state index contributed by atoms with van der Waals surface area (Å²) in [5, 5.41) is 0. The van der Waals surface area contributed by atoms with Gasteiger partial charge in [-0.3, -0.25) is 0 Å². The summed E-state index contributed by atoms with van der Waals surface area (Å²) in [6.45, 7) is 4.84. The van der Waals surface area contributed by atoms with E-state index in [2.05, 4.69) is 62.5 Å². The third-order valence-electron chi connectivity index (χ3n) is 5.55. The summed E-state index contributed by atoms with van der Waals surface area (Å²) in [6.07, 6.45) is 21.1. The monoisotopic (exact) mass is 234 g/mol. The topological polar surface area (TPSA) is 0 Å². The van der Waals surface area contributed by atoms with Crippen LogP contribution in [0.2, 0.25) is 0 Å². The second-order valence-corrected chi connectivity index (χ2v) is 6.03. The Morgan fingerprint density at radius 3 is 1.17 bits per heavy atom. The first kappa shape index (κ1) is 10.4. The highest BCUT2D eigenvalue weighted by atomic mass is 14.6. The predicted octanol–water partition coefficient (Wildman–Crippen LogP) is 4.65. The van der Waals surface area contributed by atoms with Gasteiger partial charge in [0.15, 0.2) is 0 Å². The molecule has 0 atom stereocenters. The summed E-state index contributed by atoms with van der Waals surface area (Å²) in [4.78, 5) is 0. The molecule has 0 saturated carbocycles. The van der Waals surface area contributed by atoms with E-state index < -0.39 is 0 Å². The Labute approximate surface area is 109 Å². The largest absolute Gasteiger partial charge is 0.0766 e. The maximum absolute atomic E-state index is 2.42. The van der Waals surface area contributed by atoms with Gasteiger partial charge in [-0.15, -0.1) is 0 Å². The fraction of sp³-hybridized carbons (Fsp3) is 0.333. The van der Waals surface area contributed by atoms with E-state index in [1.54, 1.807) is 0 Å². The molecule has 0 amide bonds. The van der Waals surface area contributed by atoms with Crippen molar-refractivity contribution in [1.82, 2.24) is 0 Å². The summed E-state index contributed by atoms with van der Waals surface area (Å²) in [5.74, 6) is 0. The fourth-order valence-corrected chi connectivity index (χ4v) is 4.23. The number of rotatable bonds is 0. The molecule has 0 heterocycles. The van der Waals surface area contributed by atoms with E-state index in [0.717, 1.165) is 12.8 Å². The van der Waals surface area contributed by atoms with Crippen LogP contribution in [-0.4, -0.2) is 0 Å². The van der Waals surface area contributed by atoms with Crippen LogP contribution in [0.3, 0.4) is 0 Å². The molecule has 0 aromatic heterocycles. The van der Waals surface area contributed by atoms with Gasteiger partial charge in [0.25, 0.3) is 0 Å². The lowest BCUT2D eigenvalue weighted by atomic mass is 9.46. The van der Waals surface area contributed by atoms with Crippen LogP contribution >= 0.6 is 0 Å². The average molecular weight is 234 g/mol. The number of hydrogen-bond donors (Lipinski definition) is 0. The van der Waals surface area contributed by atoms with E-state index in [9.17, 15) is 0 Å². The Hall–Kier alpha value is -1.56. The summed E-state index contributed by atoms with van der Waals surface area (Å²) in [6, 6.07) is 0. The third kappa shape index (κ3) is 0.913. The standard InChI is InChI=1S/C18H18/c1-17-13-5-3-6-14(17)10-12-16-8-4-7-15(11-9-13)18(16,17)2/h5-12H,3-4H2,1-2H3. The van der Waals surface area contributed by atoms with Crippen molar-refractivity contribution in [3.63, 3.8) is 0 Å². The minimum Gasteiger partial charge on any atom is -0.0766 e. The lowest BCUT2D eigenvalue weighted by Crippen LogP contribution is -2.47. The van der Waals surface area contributed by atoms with Crippen molar-refractivity contribution in [3.05, 3.63) is 70.9 Å². The SMILES string of the molecule is CC12C3=CCC=C1C=CC1=CCC=C(C=C3)C12C. The van der Waals surface area contributed by atoms with E-state index in [-0.39, 0.29) is 10.8 Å². The van der Waals surface area contributed by atoms with Gasteiger partial charge in [-0.1, -0.05) is 62.5 Å². The van der Waals surface area contributed by atoms with Gasteiger partial charge in [-0.2, -0.15) is 0 Å². The molecule has 0 spiro atoms. The minimum absolute atomic E-state index is 0.132. The third-order valence-corrected chi connectivity index (χ3v) is 5.55. The van der Waals surface area contributed by atoms with Crippen molar-refractivity contribution in [1.29, 1.82) is 0 Å². The van der Waals surface area contributed by atoms with Crippen molar-refractivity contribution in [3.8, 4) is 0 Å². The van der Waals surface area contributed by atoms with Crippen LogP contribution in [0, 0.1) is 10.8 Å². The highest BCUT2D eigenvalue weighted by molar-refractivity contribution is 5.64. The maximum atomic E-state index is 2.42. The van der Waals surface area contributed by atoms with E-state index >= 15 is 0 Å². The Kier molecular flexibility index (Phi) is 1.76. The summed E-state index contributed by atoms with van der Waals surface area (Å²) < 4.78 is 0. The van der Waals surface area contributed by atoms with Crippen LogP contribution < -0.4 is 0 Å². The van der Waals surface area contributed by atoms with Crippen LogP contribution in [0.15, 0.2) is 70.9 Å². The molecule has 0 aliphatic heterocycles. The first-order valence-electron chi connectivity index (χ1n) is 6.86. The van der Waals surface area contributed by atoms with Crippen molar-refractivity contribution in [2.24, 2.45) is 10.8 Å². The first-order valence-corrected chi connectivity index (χ1v) is 6.86. The molecular weight excluding hydrogens is 216 g/mol. The lowest BCUT2D eigenvalue weighted by Gasteiger charge is -2.56. The van der Waals surface area contributed by atoms with E-state index in [0.29, 0.717) is 0 Å². The first-order chi connectivity index (χ1) is 8.67. The van der Waals surface area contributed by atoms with E-state index in [4.69, 9.17) is 0 Å². The molecule has 0 heteroatoms. The van der Waals surface area contributed by atoms with Gasteiger partial charge < -0.3 is 0 Å². The number of hydrogen-bond acceptors (Lipinski definition) is 0. The molecule has 0 unspecified atom stereocenters. The van der Waals surface area contributed by atoms with Gasteiger partial charge in [0.2, 0.25) is 0 Å². The molecular formula is C18H18. The van der Waals surface area contributed by atoms with E-state index in [1.165, 1.54) is 22.3 Å². The quantitative estimate of drug-likeness (QED) is 0.572. The van der Waals surface area contributed by atoms with Crippen LogP contribution in [-0.2, 0) is 0 Å². The zero-order chi connectivity index (χ0) is 12.4. The van der Waals surface area contributed by atoms with Crippen molar-refractivity contribution in [2.45, 2.75) is 26.7 Å².